The van der Waals surface area contributed by atoms with Crippen LogP contribution in [0.4, 0.5) is 0 Å². The summed E-state index contributed by atoms with van der Waals surface area (Å²) in [6, 6.07) is 0. The van der Waals surface area contributed by atoms with Gasteiger partial charge >= 0.3 is 0 Å². The Morgan fingerprint density at radius 3 is 1.84 bits per heavy atom. The lowest BCUT2D eigenvalue weighted by Gasteiger charge is -2.35. The van der Waals surface area contributed by atoms with Crippen LogP contribution in [0.1, 0.15) is 65.7 Å². The van der Waals surface area contributed by atoms with Crippen molar-refractivity contribution in [1.29, 1.82) is 0 Å². The molecule has 0 aromatic heterocycles. The van der Waals surface area contributed by atoms with E-state index in [-0.39, 0.29) is 0 Å². The quantitative estimate of drug-likeness (QED) is 0.552. The van der Waals surface area contributed by atoms with Gasteiger partial charge in [0.25, 0.3) is 0 Å². The lowest BCUT2D eigenvalue weighted by atomic mass is 10.1. The molecule has 0 bridgehead atoms. The minimum Gasteiger partial charge on any atom is -0.301 e. The van der Waals surface area contributed by atoms with Crippen LogP contribution in [-0.4, -0.2) is 49.1 Å². The van der Waals surface area contributed by atoms with Crippen molar-refractivity contribution in [3.05, 3.63) is 0 Å². The molecular formula is C17H36N2. The van der Waals surface area contributed by atoms with Crippen LogP contribution >= 0.6 is 0 Å². The largest absolute Gasteiger partial charge is 0.301 e. The third kappa shape index (κ3) is 8.65. The number of hydrogen-bond donors (Lipinski definition) is 0. The minimum atomic E-state index is 0.815. The maximum absolute atomic E-state index is 2.67. The molecule has 0 N–H and O–H groups in total. The van der Waals surface area contributed by atoms with Gasteiger partial charge in [-0.3, -0.25) is 0 Å². The van der Waals surface area contributed by atoms with E-state index in [1.165, 1.54) is 84.2 Å². The molecule has 1 saturated heterocycles. The van der Waals surface area contributed by atoms with Crippen LogP contribution in [0.3, 0.4) is 0 Å². The van der Waals surface area contributed by atoms with Crippen LogP contribution in [0, 0.1) is 5.92 Å². The minimum absolute atomic E-state index is 0.815. The Morgan fingerprint density at radius 1 is 0.737 bits per heavy atom. The zero-order chi connectivity index (χ0) is 13.9. The van der Waals surface area contributed by atoms with Gasteiger partial charge < -0.3 is 9.80 Å². The van der Waals surface area contributed by atoms with E-state index in [0.29, 0.717) is 0 Å². The second-order valence-corrected chi connectivity index (χ2v) is 6.66. The number of unbranched alkanes of at least 4 members (excludes halogenated alkanes) is 6. The fourth-order valence-electron chi connectivity index (χ4n) is 3.00. The van der Waals surface area contributed by atoms with Gasteiger partial charge in [-0.1, -0.05) is 59.3 Å². The number of hydrogen-bond acceptors (Lipinski definition) is 2. The fraction of sp³-hybridized carbons (Fsp3) is 1.00. The standard InChI is InChI=1S/C17H36N2/c1-4-5-6-7-8-9-10-11-18-12-14-19(15-13-18)16-17(2)3/h17H,4-16H2,1-3H3. The van der Waals surface area contributed by atoms with E-state index in [0.717, 1.165) is 5.92 Å². The van der Waals surface area contributed by atoms with E-state index >= 15 is 0 Å². The molecule has 2 nitrogen and oxygen atoms in total. The molecule has 1 heterocycles. The summed E-state index contributed by atoms with van der Waals surface area (Å²) in [4.78, 5) is 5.30. The SMILES string of the molecule is CCCCCCCCCN1CCN(CC(C)C)CC1. The molecule has 1 aliphatic heterocycles. The maximum atomic E-state index is 2.67. The van der Waals surface area contributed by atoms with Gasteiger partial charge in [0.1, 0.15) is 0 Å². The monoisotopic (exact) mass is 268 g/mol. The molecule has 19 heavy (non-hydrogen) atoms. The Bertz CT molecular complexity index is 195. The zero-order valence-corrected chi connectivity index (χ0v) is 13.7. The molecular weight excluding hydrogens is 232 g/mol. The average Bonchev–Trinajstić information content (AvgIpc) is 2.39. The first-order valence-corrected chi connectivity index (χ1v) is 8.67. The first-order chi connectivity index (χ1) is 9.22. The van der Waals surface area contributed by atoms with Gasteiger partial charge in [-0.25, -0.2) is 0 Å². The van der Waals surface area contributed by atoms with Crippen molar-refractivity contribution in [2.45, 2.75) is 65.7 Å². The van der Waals surface area contributed by atoms with Gasteiger partial charge in [-0.15, -0.1) is 0 Å². The summed E-state index contributed by atoms with van der Waals surface area (Å²) >= 11 is 0. The van der Waals surface area contributed by atoms with E-state index in [2.05, 4.69) is 30.6 Å². The Balaban J connectivity index is 1.92. The lowest BCUT2D eigenvalue weighted by Crippen LogP contribution is -2.47. The zero-order valence-electron chi connectivity index (χ0n) is 13.7. The van der Waals surface area contributed by atoms with Crippen LogP contribution < -0.4 is 0 Å². The molecule has 0 aromatic carbocycles. The Hall–Kier alpha value is -0.0800. The van der Waals surface area contributed by atoms with E-state index in [1.807, 2.05) is 0 Å². The molecule has 114 valence electrons. The smallest absolute Gasteiger partial charge is 0.0110 e. The first kappa shape index (κ1) is 17.0. The Labute approximate surface area is 121 Å². The van der Waals surface area contributed by atoms with Crippen molar-refractivity contribution in [2.75, 3.05) is 39.3 Å². The van der Waals surface area contributed by atoms with Crippen LogP contribution in [0.5, 0.6) is 0 Å². The summed E-state index contributed by atoms with van der Waals surface area (Å²) in [5.74, 6) is 0.815. The van der Waals surface area contributed by atoms with Crippen LogP contribution in [0.2, 0.25) is 0 Å². The van der Waals surface area contributed by atoms with E-state index in [1.54, 1.807) is 0 Å². The highest BCUT2D eigenvalue weighted by molar-refractivity contribution is 4.72. The molecule has 0 spiro atoms. The summed E-state index contributed by atoms with van der Waals surface area (Å²) in [6.45, 7) is 14.7. The van der Waals surface area contributed by atoms with E-state index in [9.17, 15) is 0 Å². The van der Waals surface area contributed by atoms with Crippen LogP contribution in [0.15, 0.2) is 0 Å². The molecule has 0 aliphatic carbocycles. The summed E-state index contributed by atoms with van der Waals surface area (Å²) in [5.41, 5.74) is 0. The normalized spacial score (nSPS) is 18.3. The molecule has 0 radical (unpaired) electrons. The highest BCUT2D eigenvalue weighted by Crippen LogP contribution is 2.09. The third-order valence-corrected chi connectivity index (χ3v) is 4.17. The molecule has 0 aromatic rings. The van der Waals surface area contributed by atoms with Gasteiger partial charge in [0.2, 0.25) is 0 Å². The van der Waals surface area contributed by atoms with Gasteiger partial charge in [0.15, 0.2) is 0 Å². The summed E-state index contributed by atoms with van der Waals surface area (Å²) in [7, 11) is 0. The predicted octanol–water partition coefficient (Wildman–Crippen LogP) is 4.01. The van der Waals surface area contributed by atoms with Gasteiger partial charge in [-0.2, -0.15) is 0 Å². The molecule has 1 aliphatic rings. The summed E-state index contributed by atoms with van der Waals surface area (Å²) < 4.78 is 0. The van der Waals surface area contributed by atoms with Crippen molar-refractivity contribution in [3.8, 4) is 0 Å². The molecule has 0 atom stereocenters. The topological polar surface area (TPSA) is 6.48 Å². The van der Waals surface area contributed by atoms with Crippen LogP contribution in [0.25, 0.3) is 0 Å². The Kier molecular flexibility index (Phi) is 9.54. The van der Waals surface area contributed by atoms with Gasteiger partial charge in [-0.05, 0) is 18.9 Å². The average molecular weight is 268 g/mol. The van der Waals surface area contributed by atoms with E-state index in [4.69, 9.17) is 0 Å². The third-order valence-electron chi connectivity index (χ3n) is 4.17. The van der Waals surface area contributed by atoms with Crippen molar-refractivity contribution < 1.29 is 0 Å². The lowest BCUT2D eigenvalue weighted by molar-refractivity contribution is 0.121. The molecule has 1 fully saturated rings. The van der Waals surface area contributed by atoms with Crippen molar-refractivity contribution >= 4 is 0 Å². The summed E-state index contributed by atoms with van der Waals surface area (Å²) in [5, 5.41) is 0. The number of piperazine rings is 1. The van der Waals surface area contributed by atoms with Crippen molar-refractivity contribution in [2.24, 2.45) is 5.92 Å². The van der Waals surface area contributed by atoms with Gasteiger partial charge in [0.05, 0.1) is 0 Å². The molecule has 1 rings (SSSR count). The second kappa shape index (κ2) is 10.7. The predicted molar refractivity (Wildman–Crippen MR) is 85.7 cm³/mol. The Morgan fingerprint density at radius 2 is 1.26 bits per heavy atom. The summed E-state index contributed by atoms with van der Waals surface area (Å²) in [6.07, 6.45) is 10.00. The molecule has 0 saturated carbocycles. The van der Waals surface area contributed by atoms with Crippen LogP contribution in [-0.2, 0) is 0 Å². The molecule has 2 heteroatoms. The molecule has 0 amide bonds. The highest BCUT2D eigenvalue weighted by atomic mass is 15.3. The van der Waals surface area contributed by atoms with Gasteiger partial charge in [0, 0.05) is 32.7 Å². The highest BCUT2D eigenvalue weighted by Gasteiger charge is 2.16. The second-order valence-electron chi connectivity index (χ2n) is 6.66. The maximum Gasteiger partial charge on any atom is 0.0110 e. The number of nitrogens with zero attached hydrogens (tertiary/aromatic N) is 2. The van der Waals surface area contributed by atoms with Crippen molar-refractivity contribution in [1.82, 2.24) is 9.80 Å². The van der Waals surface area contributed by atoms with E-state index < -0.39 is 0 Å². The van der Waals surface area contributed by atoms with Crippen molar-refractivity contribution in [3.63, 3.8) is 0 Å². The number of rotatable bonds is 10. The fourth-order valence-corrected chi connectivity index (χ4v) is 3.00. The first-order valence-electron chi connectivity index (χ1n) is 8.67. The molecule has 0 unspecified atom stereocenters.